The standard InChI is InChI=1S/C16H11Cl2NO/c17-11-6-7-12-14(8-11)19-9-13(15(12)18)16(20)10-4-2-1-3-5-10/h1-9,16,20H. The average Bonchev–Trinajstić information content (AvgIpc) is 2.48. The van der Waals surface area contributed by atoms with Gasteiger partial charge in [0.05, 0.1) is 10.5 Å². The molecule has 1 atom stereocenters. The number of rotatable bonds is 2. The Morgan fingerprint density at radius 3 is 2.50 bits per heavy atom. The molecule has 0 aliphatic rings. The van der Waals surface area contributed by atoms with Crippen molar-refractivity contribution in [3.05, 3.63) is 75.9 Å². The summed E-state index contributed by atoms with van der Waals surface area (Å²) in [7, 11) is 0. The van der Waals surface area contributed by atoms with Gasteiger partial charge in [0.15, 0.2) is 0 Å². The molecule has 20 heavy (non-hydrogen) atoms. The van der Waals surface area contributed by atoms with Crippen LogP contribution in [0.15, 0.2) is 54.7 Å². The molecule has 0 aliphatic carbocycles. The second kappa shape index (κ2) is 5.41. The summed E-state index contributed by atoms with van der Waals surface area (Å²) in [5, 5.41) is 12.3. The predicted octanol–water partition coefficient (Wildman–Crippen LogP) is 4.62. The topological polar surface area (TPSA) is 33.1 Å². The van der Waals surface area contributed by atoms with Gasteiger partial charge < -0.3 is 5.11 Å². The molecular weight excluding hydrogens is 293 g/mol. The summed E-state index contributed by atoms with van der Waals surface area (Å²) < 4.78 is 0. The minimum atomic E-state index is -0.795. The zero-order valence-corrected chi connectivity index (χ0v) is 11.9. The Morgan fingerprint density at radius 2 is 1.75 bits per heavy atom. The molecule has 0 spiro atoms. The summed E-state index contributed by atoms with van der Waals surface area (Å²) in [6.07, 6.45) is 0.801. The highest BCUT2D eigenvalue weighted by atomic mass is 35.5. The Balaban J connectivity index is 2.13. The van der Waals surface area contributed by atoms with Gasteiger partial charge in [0.2, 0.25) is 0 Å². The van der Waals surface area contributed by atoms with E-state index in [1.165, 1.54) is 0 Å². The molecule has 0 amide bonds. The van der Waals surface area contributed by atoms with E-state index in [4.69, 9.17) is 23.2 Å². The van der Waals surface area contributed by atoms with Crippen molar-refractivity contribution in [2.45, 2.75) is 6.10 Å². The van der Waals surface area contributed by atoms with Gasteiger partial charge in [-0.1, -0.05) is 53.5 Å². The lowest BCUT2D eigenvalue weighted by molar-refractivity contribution is 0.220. The lowest BCUT2D eigenvalue weighted by atomic mass is 10.0. The van der Waals surface area contributed by atoms with Crippen LogP contribution in [0.1, 0.15) is 17.2 Å². The Hall–Kier alpha value is -1.61. The number of aliphatic hydroxyl groups excluding tert-OH is 1. The monoisotopic (exact) mass is 303 g/mol. The van der Waals surface area contributed by atoms with Crippen molar-refractivity contribution in [2.24, 2.45) is 0 Å². The van der Waals surface area contributed by atoms with E-state index in [1.54, 1.807) is 18.3 Å². The SMILES string of the molecule is OC(c1ccccc1)c1cnc2cc(Cl)ccc2c1Cl. The molecule has 0 fully saturated rings. The van der Waals surface area contributed by atoms with E-state index in [-0.39, 0.29) is 0 Å². The molecule has 2 nitrogen and oxygen atoms in total. The van der Waals surface area contributed by atoms with Crippen molar-refractivity contribution >= 4 is 34.1 Å². The van der Waals surface area contributed by atoms with Crippen molar-refractivity contribution in [3.8, 4) is 0 Å². The Kier molecular flexibility index (Phi) is 3.62. The van der Waals surface area contributed by atoms with Gasteiger partial charge in [0.1, 0.15) is 6.10 Å². The lowest BCUT2D eigenvalue weighted by Crippen LogP contribution is -2.01. The maximum absolute atomic E-state index is 10.4. The fourth-order valence-electron chi connectivity index (χ4n) is 2.15. The number of aromatic nitrogens is 1. The van der Waals surface area contributed by atoms with Crippen LogP contribution in [0.25, 0.3) is 10.9 Å². The third-order valence-corrected chi connectivity index (χ3v) is 3.86. The first kappa shape index (κ1) is 13.4. The first-order chi connectivity index (χ1) is 9.66. The molecule has 4 heteroatoms. The van der Waals surface area contributed by atoms with Gasteiger partial charge in [-0.05, 0) is 23.8 Å². The largest absolute Gasteiger partial charge is 0.384 e. The Bertz CT molecular complexity index is 759. The molecule has 3 rings (SSSR count). The molecule has 1 heterocycles. The van der Waals surface area contributed by atoms with Gasteiger partial charge >= 0.3 is 0 Å². The van der Waals surface area contributed by atoms with E-state index in [0.717, 1.165) is 10.9 Å². The summed E-state index contributed by atoms with van der Waals surface area (Å²) in [6.45, 7) is 0. The molecule has 3 aromatic rings. The maximum atomic E-state index is 10.4. The smallest absolute Gasteiger partial charge is 0.107 e. The van der Waals surface area contributed by atoms with Crippen molar-refractivity contribution < 1.29 is 5.11 Å². The summed E-state index contributed by atoms with van der Waals surface area (Å²) in [5.41, 5.74) is 2.09. The molecule has 0 aliphatic heterocycles. The Labute approximate surface area is 126 Å². The van der Waals surface area contributed by atoms with Gasteiger partial charge in [0.25, 0.3) is 0 Å². The average molecular weight is 304 g/mol. The zero-order valence-electron chi connectivity index (χ0n) is 10.4. The van der Waals surface area contributed by atoms with Crippen LogP contribution in [0.4, 0.5) is 0 Å². The molecule has 0 radical (unpaired) electrons. The van der Waals surface area contributed by atoms with Crippen LogP contribution in [0.3, 0.4) is 0 Å². The fourth-order valence-corrected chi connectivity index (χ4v) is 2.63. The molecule has 2 aromatic carbocycles. The first-order valence-corrected chi connectivity index (χ1v) is 6.89. The number of hydrogen-bond acceptors (Lipinski definition) is 2. The molecular formula is C16H11Cl2NO. The third-order valence-electron chi connectivity index (χ3n) is 3.20. The van der Waals surface area contributed by atoms with Crippen LogP contribution in [0.2, 0.25) is 10.0 Å². The number of fused-ring (bicyclic) bond motifs is 1. The van der Waals surface area contributed by atoms with E-state index in [2.05, 4.69) is 4.98 Å². The molecule has 0 saturated carbocycles. The second-order valence-electron chi connectivity index (χ2n) is 4.50. The minimum absolute atomic E-state index is 0.503. The highest BCUT2D eigenvalue weighted by Gasteiger charge is 2.16. The van der Waals surface area contributed by atoms with E-state index in [9.17, 15) is 5.11 Å². The van der Waals surface area contributed by atoms with Crippen molar-refractivity contribution in [3.63, 3.8) is 0 Å². The molecule has 0 saturated heterocycles. The molecule has 1 aromatic heterocycles. The number of aliphatic hydroxyl groups is 1. The van der Waals surface area contributed by atoms with Gasteiger partial charge in [-0.3, -0.25) is 4.98 Å². The number of hydrogen-bond donors (Lipinski definition) is 1. The number of halogens is 2. The molecule has 0 bridgehead atoms. The van der Waals surface area contributed by atoms with Crippen molar-refractivity contribution in [2.75, 3.05) is 0 Å². The lowest BCUT2D eigenvalue weighted by Gasteiger charge is -2.14. The van der Waals surface area contributed by atoms with Crippen LogP contribution in [0, 0.1) is 0 Å². The Morgan fingerprint density at radius 1 is 1.00 bits per heavy atom. The predicted molar refractivity (Wildman–Crippen MR) is 82.3 cm³/mol. The zero-order chi connectivity index (χ0) is 14.1. The number of nitrogens with zero attached hydrogens (tertiary/aromatic N) is 1. The van der Waals surface area contributed by atoms with Gasteiger partial charge in [-0.25, -0.2) is 0 Å². The maximum Gasteiger partial charge on any atom is 0.107 e. The molecule has 1 unspecified atom stereocenters. The highest BCUT2D eigenvalue weighted by molar-refractivity contribution is 6.36. The van der Waals surface area contributed by atoms with E-state index in [1.807, 2.05) is 36.4 Å². The number of pyridine rings is 1. The normalized spacial score (nSPS) is 12.6. The second-order valence-corrected chi connectivity index (χ2v) is 5.32. The fraction of sp³-hybridized carbons (Fsp3) is 0.0625. The number of benzene rings is 2. The first-order valence-electron chi connectivity index (χ1n) is 6.13. The van der Waals surface area contributed by atoms with E-state index >= 15 is 0 Å². The van der Waals surface area contributed by atoms with Gasteiger partial charge in [-0.2, -0.15) is 0 Å². The van der Waals surface area contributed by atoms with Crippen molar-refractivity contribution in [1.82, 2.24) is 4.98 Å². The van der Waals surface area contributed by atoms with Gasteiger partial charge in [-0.15, -0.1) is 0 Å². The minimum Gasteiger partial charge on any atom is -0.384 e. The molecule has 1 N–H and O–H groups in total. The summed E-state index contributed by atoms with van der Waals surface area (Å²) >= 11 is 12.3. The van der Waals surface area contributed by atoms with Crippen LogP contribution >= 0.6 is 23.2 Å². The summed E-state index contributed by atoms with van der Waals surface area (Å²) in [6, 6.07) is 14.7. The summed E-state index contributed by atoms with van der Waals surface area (Å²) in [5.74, 6) is 0. The van der Waals surface area contributed by atoms with Crippen molar-refractivity contribution in [1.29, 1.82) is 0 Å². The molecule has 100 valence electrons. The van der Waals surface area contributed by atoms with Crippen LogP contribution in [-0.2, 0) is 0 Å². The highest BCUT2D eigenvalue weighted by Crippen LogP contribution is 2.33. The third kappa shape index (κ3) is 2.38. The van der Waals surface area contributed by atoms with Gasteiger partial charge in [0, 0.05) is 22.2 Å². The van der Waals surface area contributed by atoms with Crippen LogP contribution in [-0.4, -0.2) is 10.1 Å². The van der Waals surface area contributed by atoms with E-state index in [0.29, 0.717) is 21.1 Å². The van der Waals surface area contributed by atoms with E-state index < -0.39 is 6.10 Å². The van der Waals surface area contributed by atoms with Crippen LogP contribution in [0.5, 0.6) is 0 Å². The van der Waals surface area contributed by atoms with Crippen LogP contribution < -0.4 is 0 Å². The quantitative estimate of drug-likeness (QED) is 0.749. The summed E-state index contributed by atoms with van der Waals surface area (Å²) in [4.78, 5) is 4.32.